The van der Waals surface area contributed by atoms with Crippen molar-refractivity contribution in [2.75, 3.05) is 11.9 Å². The van der Waals surface area contributed by atoms with Crippen LogP contribution in [0.15, 0.2) is 47.4 Å². The summed E-state index contributed by atoms with van der Waals surface area (Å²) in [4.78, 5) is 16.6. The number of nitrogens with one attached hydrogen (secondary N) is 2. The standard InChI is InChI=1S/C18H19N3O3S2/c1-12-7-8-16(13(2)11-12)26(23,24)19-10-9-17(22)21-18-20-14-5-3-4-6-15(14)25-18/h3-8,11,19H,9-10H2,1-2H3,(H,20,21,22). The average Bonchev–Trinajstić information content (AvgIpc) is 2.96. The zero-order valence-electron chi connectivity index (χ0n) is 14.4. The summed E-state index contributed by atoms with van der Waals surface area (Å²) in [5, 5.41) is 3.22. The summed E-state index contributed by atoms with van der Waals surface area (Å²) in [6, 6.07) is 12.7. The van der Waals surface area contributed by atoms with E-state index < -0.39 is 10.0 Å². The fourth-order valence-corrected chi connectivity index (χ4v) is 4.72. The number of fused-ring (bicyclic) bond motifs is 1. The molecule has 0 saturated carbocycles. The molecule has 0 aliphatic heterocycles. The van der Waals surface area contributed by atoms with Crippen molar-refractivity contribution >= 4 is 42.6 Å². The quantitative estimate of drug-likeness (QED) is 0.677. The molecule has 8 heteroatoms. The summed E-state index contributed by atoms with van der Waals surface area (Å²) in [5.74, 6) is -0.285. The van der Waals surface area contributed by atoms with E-state index in [9.17, 15) is 13.2 Å². The van der Waals surface area contributed by atoms with Gasteiger partial charge < -0.3 is 5.32 Å². The molecule has 26 heavy (non-hydrogen) atoms. The Kier molecular flexibility index (Phi) is 5.36. The van der Waals surface area contributed by atoms with E-state index in [-0.39, 0.29) is 23.8 Å². The lowest BCUT2D eigenvalue weighted by atomic mass is 10.2. The minimum atomic E-state index is -3.64. The van der Waals surface area contributed by atoms with Gasteiger partial charge in [-0.25, -0.2) is 18.1 Å². The Balaban J connectivity index is 1.57. The van der Waals surface area contributed by atoms with E-state index in [2.05, 4.69) is 15.0 Å². The van der Waals surface area contributed by atoms with Crippen molar-refractivity contribution in [3.05, 3.63) is 53.6 Å². The molecule has 2 aromatic carbocycles. The number of thiazole rings is 1. The molecule has 0 atom stereocenters. The molecular weight excluding hydrogens is 370 g/mol. The fraction of sp³-hybridized carbons (Fsp3) is 0.222. The molecule has 136 valence electrons. The maximum Gasteiger partial charge on any atom is 0.240 e. The van der Waals surface area contributed by atoms with Crippen LogP contribution in [-0.2, 0) is 14.8 Å². The minimum Gasteiger partial charge on any atom is -0.302 e. The number of rotatable bonds is 6. The van der Waals surface area contributed by atoms with Crippen LogP contribution in [0.25, 0.3) is 10.2 Å². The van der Waals surface area contributed by atoms with Gasteiger partial charge in [-0.1, -0.05) is 41.2 Å². The molecule has 1 heterocycles. The number of benzene rings is 2. The third-order valence-electron chi connectivity index (χ3n) is 3.80. The molecule has 2 N–H and O–H groups in total. The van der Waals surface area contributed by atoms with Crippen LogP contribution in [0.2, 0.25) is 0 Å². The first kappa shape index (κ1) is 18.5. The molecule has 0 unspecified atom stereocenters. The van der Waals surface area contributed by atoms with Gasteiger partial charge in [-0.2, -0.15) is 0 Å². The van der Waals surface area contributed by atoms with Crippen LogP contribution in [-0.4, -0.2) is 25.9 Å². The van der Waals surface area contributed by atoms with E-state index in [0.29, 0.717) is 10.7 Å². The van der Waals surface area contributed by atoms with Gasteiger partial charge in [0.25, 0.3) is 0 Å². The number of carbonyl (C=O) groups excluding carboxylic acids is 1. The number of sulfonamides is 1. The number of carbonyl (C=O) groups is 1. The monoisotopic (exact) mass is 389 g/mol. The molecule has 1 amide bonds. The number of hydrogen-bond donors (Lipinski definition) is 2. The van der Waals surface area contributed by atoms with Crippen LogP contribution in [0.3, 0.4) is 0 Å². The first-order valence-electron chi connectivity index (χ1n) is 8.07. The Labute approximate surface area is 156 Å². The van der Waals surface area contributed by atoms with Crippen molar-refractivity contribution < 1.29 is 13.2 Å². The van der Waals surface area contributed by atoms with Crippen LogP contribution in [0.4, 0.5) is 5.13 Å². The van der Waals surface area contributed by atoms with Crippen LogP contribution in [0.1, 0.15) is 17.5 Å². The van der Waals surface area contributed by atoms with Crippen molar-refractivity contribution in [3.63, 3.8) is 0 Å². The molecule has 6 nitrogen and oxygen atoms in total. The maximum absolute atomic E-state index is 12.4. The molecule has 0 radical (unpaired) electrons. The third kappa shape index (κ3) is 4.27. The molecule has 0 aliphatic carbocycles. The first-order valence-corrected chi connectivity index (χ1v) is 10.4. The normalized spacial score (nSPS) is 11.6. The summed E-state index contributed by atoms with van der Waals surface area (Å²) < 4.78 is 28.2. The summed E-state index contributed by atoms with van der Waals surface area (Å²) in [6.07, 6.45) is 0.0278. The number of amides is 1. The Hall–Kier alpha value is -2.29. The van der Waals surface area contributed by atoms with Gasteiger partial charge in [0.2, 0.25) is 15.9 Å². The van der Waals surface area contributed by atoms with E-state index in [1.54, 1.807) is 19.1 Å². The highest BCUT2D eigenvalue weighted by Gasteiger charge is 2.17. The van der Waals surface area contributed by atoms with Gasteiger partial charge in [-0.3, -0.25) is 4.79 Å². The number of anilines is 1. The Morgan fingerprint density at radius 1 is 1.15 bits per heavy atom. The second-order valence-corrected chi connectivity index (χ2v) is 8.72. The number of aryl methyl sites for hydroxylation is 2. The molecule has 0 aliphatic rings. The minimum absolute atomic E-state index is 0.0202. The second kappa shape index (κ2) is 7.53. The predicted molar refractivity (Wildman–Crippen MR) is 104 cm³/mol. The van der Waals surface area contributed by atoms with Crippen molar-refractivity contribution in [1.82, 2.24) is 9.71 Å². The zero-order valence-corrected chi connectivity index (χ0v) is 16.1. The van der Waals surface area contributed by atoms with Crippen LogP contribution in [0, 0.1) is 13.8 Å². The summed E-state index contributed by atoms with van der Waals surface area (Å²) in [7, 11) is -3.64. The number of para-hydroxylation sites is 1. The van der Waals surface area contributed by atoms with E-state index in [4.69, 9.17) is 0 Å². The number of hydrogen-bond acceptors (Lipinski definition) is 5. The van der Waals surface area contributed by atoms with E-state index in [1.807, 2.05) is 37.3 Å². The third-order valence-corrected chi connectivity index (χ3v) is 6.38. The van der Waals surface area contributed by atoms with Crippen LogP contribution in [0.5, 0.6) is 0 Å². The lowest BCUT2D eigenvalue weighted by Gasteiger charge is -2.09. The summed E-state index contributed by atoms with van der Waals surface area (Å²) in [6.45, 7) is 3.68. The van der Waals surface area contributed by atoms with E-state index >= 15 is 0 Å². The first-order chi connectivity index (χ1) is 12.3. The average molecular weight is 390 g/mol. The van der Waals surface area contributed by atoms with Crippen LogP contribution < -0.4 is 10.0 Å². The van der Waals surface area contributed by atoms with Crippen molar-refractivity contribution in [2.24, 2.45) is 0 Å². The molecule has 1 aromatic heterocycles. The van der Waals surface area contributed by atoms with Crippen molar-refractivity contribution in [3.8, 4) is 0 Å². The second-order valence-electron chi connectivity index (χ2n) is 5.95. The summed E-state index contributed by atoms with van der Waals surface area (Å²) in [5.41, 5.74) is 2.50. The molecule has 3 rings (SSSR count). The molecular formula is C18H19N3O3S2. The highest BCUT2D eigenvalue weighted by atomic mass is 32.2. The highest BCUT2D eigenvalue weighted by Crippen LogP contribution is 2.25. The van der Waals surface area contributed by atoms with Gasteiger partial charge in [0.1, 0.15) is 0 Å². The van der Waals surface area contributed by atoms with Crippen LogP contribution >= 0.6 is 11.3 Å². The smallest absolute Gasteiger partial charge is 0.240 e. The van der Waals surface area contributed by atoms with Gasteiger partial charge in [-0.05, 0) is 37.6 Å². The Morgan fingerprint density at radius 2 is 1.92 bits per heavy atom. The van der Waals surface area contributed by atoms with E-state index in [1.165, 1.54) is 11.3 Å². The lowest BCUT2D eigenvalue weighted by Crippen LogP contribution is -2.28. The number of nitrogens with zero attached hydrogens (tertiary/aromatic N) is 1. The Bertz CT molecular complexity index is 1030. The van der Waals surface area contributed by atoms with Crippen molar-refractivity contribution in [2.45, 2.75) is 25.2 Å². The summed E-state index contributed by atoms with van der Waals surface area (Å²) >= 11 is 1.38. The molecule has 0 bridgehead atoms. The molecule has 3 aromatic rings. The molecule has 0 saturated heterocycles. The largest absolute Gasteiger partial charge is 0.302 e. The van der Waals surface area contributed by atoms with Crippen molar-refractivity contribution in [1.29, 1.82) is 0 Å². The fourth-order valence-electron chi connectivity index (χ4n) is 2.58. The van der Waals surface area contributed by atoms with Gasteiger partial charge >= 0.3 is 0 Å². The maximum atomic E-state index is 12.4. The Morgan fingerprint density at radius 3 is 2.65 bits per heavy atom. The topological polar surface area (TPSA) is 88.2 Å². The van der Waals surface area contributed by atoms with Gasteiger partial charge in [0.05, 0.1) is 15.1 Å². The highest BCUT2D eigenvalue weighted by molar-refractivity contribution is 7.89. The lowest BCUT2D eigenvalue weighted by molar-refractivity contribution is -0.116. The predicted octanol–water partition coefficient (Wildman–Crippen LogP) is 3.22. The van der Waals surface area contributed by atoms with E-state index in [0.717, 1.165) is 15.8 Å². The molecule has 0 spiro atoms. The SMILES string of the molecule is Cc1ccc(S(=O)(=O)NCCC(=O)Nc2nc3ccccc3s2)c(C)c1. The number of aromatic nitrogens is 1. The zero-order chi connectivity index (χ0) is 18.7. The van der Waals surface area contributed by atoms with Gasteiger partial charge in [0.15, 0.2) is 5.13 Å². The van der Waals surface area contributed by atoms with Gasteiger partial charge in [-0.15, -0.1) is 0 Å². The van der Waals surface area contributed by atoms with Gasteiger partial charge in [0, 0.05) is 13.0 Å². The molecule has 0 fully saturated rings.